The minimum Gasteiger partial charge on any atom is -0.396 e. The van der Waals surface area contributed by atoms with Crippen molar-refractivity contribution < 1.29 is 9.90 Å². The monoisotopic (exact) mass is 311 g/mol. The Labute approximate surface area is 136 Å². The Bertz CT molecular complexity index is 660. The van der Waals surface area contributed by atoms with Gasteiger partial charge in [-0.2, -0.15) is 0 Å². The predicted molar refractivity (Wildman–Crippen MR) is 89.1 cm³/mol. The van der Waals surface area contributed by atoms with Crippen molar-refractivity contribution in [2.45, 2.75) is 13.0 Å². The fourth-order valence-electron chi connectivity index (χ4n) is 2.86. The number of likely N-dealkylation sites (tertiary alicyclic amines) is 1. The molecule has 5 heteroatoms. The van der Waals surface area contributed by atoms with E-state index in [9.17, 15) is 9.90 Å². The SMILES string of the molecule is O=C(c1ccccc1NCc1cccnc1)N1CCC(CO)C1. The van der Waals surface area contributed by atoms with Gasteiger partial charge in [0.25, 0.3) is 5.91 Å². The highest BCUT2D eigenvalue weighted by atomic mass is 16.3. The molecule has 120 valence electrons. The van der Waals surface area contributed by atoms with Gasteiger partial charge in [-0.1, -0.05) is 18.2 Å². The number of aliphatic hydroxyl groups excluding tert-OH is 1. The Morgan fingerprint density at radius 1 is 1.30 bits per heavy atom. The fourth-order valence-corrected chi connectivity index (χ4v) is 2.86. The normalized spacial score (nSPS) is 17.3. The lowest BCUT2D eigenvalue weighted by Crippen LogP contribution is -2.29. The highest BCUT2D eigenvalue weighted by molar-refractivity contribution is 5.99. The number of aliphatic hydroxyl groups is 1. The molecule has 1 aromatic heterocycles. The summed E-state index contributed by atoms with van der Waals surface area (Å²) in [6.45, 7) is 2.11. The van der Waals surface area contributed by atoms with Crippen LogP contribution in [-0.4, -0.2) is 40.6 Å². The van der Waals surface area contributed by atoms with Crippen LogP contribution >= 0.6 is 0 Å². The zero-order valence-electron chi connectivity index (χ0n) is 13.0. The van der Waals surface area contributed by atoms with E-state index in [2.05, 4.69) is 10.3 Å². The highest BCUT2D eigenvalue weighted by Gasteiger charge is 2.27. The van der Waals surface area contributed by atoms with Crippen LogP contribution in [-0.2, 0) is 6.54 Å². The molecule has 1 aromatic carbocycles. The van der Waals surface area contributed by atoms with Gasteiger partial charge in [0.05, 0.1) is 5.56 Å². The van der Waals surface area contributed by atoms with Crippen molar-refractivity contribution in [2.75, 3.05) is 25.0 Å². The molecule has 1 saturated heterocycles. The van der Waals surface area contributed by atoms with Gasteiger partial charge in [-0.3, -0.25) is 9.78 Å². The molecule has 2 aromatic rings. The summed E-state index contributed by atoms with van der Waals surface area (Å²) < 4.78 is 0. The predicted octanol–water partition coefficient (Wildman–Crippen LogP) is 2.15. The summed E-state index contributed by atoms with van der Waals surface area (Å²) in [4.78, 5) is 18.7. The molecule has 1 atom stereocenters. The Balaban J connectivity index is 1.71. The first kappa shape index (κ1) is 15.5. The fraction of sp³-hybridized carbons (Fsp3) is 0.333. The quantitative estimate of drug-likeness (QED) is 0.888. The van der Waals surface area contributed by atoms with Gasteiger partial charge in [-0.15, -0.1) is 0 Å². The molecular formula is C18H21N3O2. The van der Waals surface area contributed by atoms with Crippen LogP contribution in [0.2, 0.25) is 0 Å². The summed E-state index contributed by atoms with van der Waals surface area (Å²) in [5.41, 5.74) is 2.57. The molecule has 2 N–H and O–H groups in total. The summed E-state index contributed by atoms with van der Waals surface area (Å²) in [5.74, 6) is 0.227. The Hall–Kier alpha value is -2.40. The molecule has 0 bridgehead atoms. The number of carbonyl (C=O) groups is 1. The lowest BCUT2D eigenvalue weighted by molar-refractivity contribution is 0.0783. The van der Waals surface area contributed by atoms with E-state index in [1.165, 1.54) is 0 Å². The number of hydrogen-bond donors (Lipinski definition) is 2. The Morgan fingerprint density at radius 2 is 2.17 bits per heavy atom. The standard InChI is InChI=1S/C18H21N3O2/c22-13-15-7-9-21(12-15)18(23)16-5-1-2-6-17(16)20-11-14-4-3-8-19-10-14/h1-6,8,10,15,20,22H,7,9,11-13H2. The summed E-state index contributed by atoms with van der Waals surface area (Å²) in [6.07, 6.45) is 4.42. The largest absolute Gasteiger partial charge is 0.396 e. The number of anilines is 1. The smallest absolute Gasteiger partial charge is 0.255 e. The third-order valence-electron chi connectivity index (χ3n) is 4.19. The summed E-state index contributed by atoms with van der Waals surface area (Å²) in [7, 11) is 0. The number of nitrogens with one attached hydrogen (secondary N) is 1. The molecular weight excluding hydrogens is 290 g/mol. The number of para-hydroxylation sites is 1. The van der Waals surface area contributed by atoms with Crippen LogP contribution in [0.15, 0.2) is 48.8 Å². The molecule has 0 saturated carbocycles. The topological polar surface area (TPSA) is 65.5 Å². The van der Waals surface area contributed by atoms with E-state index in [0.29, 0.717) is 25.2 Å². The summed E-state index contributed by atoms with van der Waals surface area (Å²) in [5, 5.41) is 12.6. The van der Waals surface area contributed by atoms with Crippen molar-refractivity contribution in [2.24, 2.45) is 5.92 Å². The van der Waals surface area contributed by atoms with E-state index in [1.54, 1.807) is 6.20 Å². The van der Waals surface area contributed by atoms with Crippen LogP contribution in [0.5, 0.6) is 0 Å². The van der Waals surface area contributed by atoms with Crippen LogP contribution in [0.4, 0.5) is 5.69 Å². The number of pyridine rings is 1. The van der Waals surface area contributed by atoms with Crippen molar-refractivity contribution >= 4 is 11.6 Å². The average Bonchev–Trinajstić information content (AvgIpc) is 3.10. The van der Waals surface area contributed by atoms with Gasteiger partial charge < -0.3 is 15.3 Å². The summed E-state index contributed by atoms with van der Waals surface area (Å²) in [6, 6.07) is 11.5. The highest BCUT2D eigenvalue weighted by Crippen LogP contribution is 2.22. The van der Waals surface area contributed by atoms with Gasteiger partial charge in [0.15, 0.2) is 0 Å². The van der Waals surface area contributed by atoms with Gasteiger partial charge in [0.1, 0.15) is 0 Å². The molecule has 1 unspecified atom stereocenters. The second-order valence-electron chi connectivity index (χ2n) is 5.85. The van der Waals surface area contributed by atoms with Crippen molar-refractivity contribution in [1.82, 2.24) is 9.88 Å². The maximum atomic E-state index is 12.7. The number of hydrogen-bond acceptors (Lipinski definition) is 4. The zero-order valence-corrected chi connectivity index (χ0v) is 13.0. The van der Waals surface area contributed by atoms with E-state index in [-0.39, 0.29) is 18.4 Å². The molecule has 1 fully saturated rings. The number of carbonyl (C=O) groups excluding carboxylic acids is 1. The first-order chi connectivity index (χ1) is 11.3. The molecule has 1 aliphatic rings. The second kappa shape index (κ2) is 7.24. The van der Waals surface area contributed by atoms with Gasteiger partial charge in [0.2, 0.25) is 0 Å². The number of rotatable bonds is 5. The van der Waals surface area contributed by atoms with Crippen molar-refractivity contribution in [3.05, 3.63) is 59.9 Å². The van der Waals surface area contributed by atoms with Gasteiger partial charge in [-0.05, 0) is 30.2 Å². The van der Waals surface area contributed by atoms with E-state index in [4.69, 9.17) is 0 Å². The van der Waals surface area contributed by atoms with Crippen molar-refractivity contribution in [3.8, 4) is 0 Å². The Morgan fingerprint density at radius 3 is 2.91 bits per heavy atom. The molecule has 0 spiro atoms. The average molecular weight is 311 g/mol. The van der Waals surface area contributed by atoms with Crippen LogP contribution in [0.25, 0.3) is 0 Å². The molecule has 2 heterocycles. The molecule has 1 aliphatic heterocycles. The second-order valence-corrected chi connectivity index (χ2v) is 5.85. The molecule has 23 heavy (non-hydrogen) atoms. The van der Waals surface area contributed by atoms with Gasteiger partial charge in [-0.25, -0.2) is 0 Å². The first-order valence-electron chi connectivity index (χ1n) is 7.90. The van der Waals surface area contributed by atoms with Crippen LogP contribution in [0.1, 0.15) is 22.3 Å². The first-order valence-corrected chi connectivity index (χ1v) is 7.90. The number of aromatic nitrogens is 1. The maximum absolute atomic E-state index is 12.7. The maximum Gasteiger partial charge on any atom is 0.255 e. The zero-order chi connectivity index (χ0) is 16.1. The summed E-state index contributed by atoms with van der Waals surface area (Å²) >= 11 is 0. The van der Waals surface area contributed by atoms with E-state index in [1.807, 2.05) is 47.5 Å². The minimum absolute atomic E-state index is 0.0234. The molecule has 5 nitrogen and oxygen atoms in total. The van der Waals surface area contributed by atoms with E-state index in [0.717, 1.165) is 17.7 Å². The third-order valence-corrected chi connectivity index (χ3v) is 4.19. The number of amides is 1. The Kier molecular flexibility index (Phi) is 4.88. The van der Waals surface area contributed by atoms with Crippen LogP contribution in [0, 0.1) is 5.92 Å². The van der Waals surface area contributed by atoms with Crippen molar-refractivity contribution in [1.29, 1.82) is 0 Å². The molecule has 0 aliphatic carbocycles. The minimum atomic E-state index is 0.0234. The number of benzene rings is 1. The van der Waals surface area contributed by atoms with Gasteiger partial charge >= 0.3 is 0 Å². The molecule has 0 radical (unpaired) electrons. The van der Waals surface area contributed by atoms with Gasteiger partial charge in [0, 0.05) is 50.2 Å². The van der Waals surface area contributed by atoms with E-state index >= 15 is 0 Å². The number of nitrogens with zero attached hydrogens (tertiary/aromatic N) is 2. The van der Waals surface area contributed by atoms with Crippen LogP contribution < -0.4 is 5.32 Å². The van der Waals surface area contributed by atoms with Crippen LogP contribution in [0.3, 0.4) is 0 Å². The van der Waals surface area contributed by atoms with E-state index < -0.39 is 0 Å². The molecule has 3 rings (SSSR count). The lowest BCUT2D eigenvalue weighted by atomic mass is 10.1. The lowest BCUT2D eigenvalue weighted by Gasteiger charge is -2.19. The van der Waals surface area contributed by atoms with Crippen molar-refractivity contribution in [3.63, 3.8) is 0 Å². The third kappa shape index (κ3) is 3.68. The molecule has 1 amide bonds.